The number of amides is 1. The summed E-state index contributed by atoms with van der Waals surface area (Å²) in [4.78, 5) is 11.1. The zero-order valence-corrected chi connectivity index (χ0v) is 14.1. The molecular formula is C16H17ClN2O3S. The Morgan fingerprint density at radius 3 is 2.43 bits per heavy atom. The summed E-state index contributed by atoms with van der Waals surface area (Å²) < 4.78 is 27.0. The Kier molecular flexibility index (Phi) is 5.76. The molecule has 0 heterocycles. The average molecular weight is 353 g/mol. The molecule has 5 nitrogen and oxygen atoms in total. The summed E-state index contributed by atoms with van der Waals surface area (Å²) in [5, 5.41) is 2.70. The summed E-state index contributed by atoms with van der Waals surface area (Å²) in [5.41, 5.74) is 1.43. The summed E-state index contributed by atoms with van der Waals surface area (Å²) in [6.45, 7) is 1.64. The van der Waals surface area contributed by atoms with Crippen molar-refractivity contribution in [2.45, 2.75) is 18.2 Å². The first kappa shape index (κ1) is 17.5. The van der Waals surface area contributed by atoms with Crippen molar-refractivity contribution in [1.29, 1.82) is 0 Å². The third-order valence-electron chi connectivity index (χ3n) is 3.11. The number of halogens is 1. The van der Waals surface area contributed by atoms with Gasteiger partial charge in [-0.05, 0) is 30.2 Å². The number of hydrogen-bond acceptors (Lipinski definition) is 3. The van der Waals surface area contributed by atoms with Crippen LogP contribution in [0.15, 0.2) is 53.4 Å². The lowest BCUT2D eigenvalue weighted by Gasteiger charge is -2.10. The molecule has 0 aromatic heterocycles. The van der Waals surface area contributed by atoms with E-state index >= 15 is 0 Å². The molecule has 23 heavy (non-hydrogen) atoms. The Morgan fingerprint density at radius 2 is 1.83 bits per heavy atom. The van der Waals surface area contributed by atoms with E-state index in [1.165, 1.54) is 25.1 Å². The highest BCUT2D eigenvalue weighted by Gasteiger charge is 2.15. The normalized spacial score (nSPS) is 11.2. The highest BCUT2D eigenvalue weighted by atomic mass is 35.5. The molecule has 0 aliphatic rings. The molecule has 0 saturated heterocycles. The van der Waals surface area contributed by atoms with Crippen molar-refractivity contribution >= 4 is 33.2 Å². The van der Waals surface area contributed by atoms with Gasteiger partial charge in [0.25, 0.3) is 0 Å². The first-order valence-electron chi connectivity index (χ1n) is 6.99. The molecule has 2 aromatic rings. The van der Waals surface area contributed by atoms with Crippen LogP contribution in [0.1, 0.15) is 12.5 Å². The molecule has 2 rings (SSSR count). The standard InChI is InChI=1S/C16H17ClN2O3S/c1-12(20)19-16-8-7-14(11-15(16)17)23(21,22)18-10-9-13-5-3-2-4-6-13/h2-8,11,18H,9-10H2,1H3,(H,19,20). The molecule has 122 valence electrons. The van der Waals surface area contributed by atoms with Crippen molar-refractivity contribution in [1.82, 2.24) is 4.72 Å². The van der Waals surface area contributed by atoms with Crippen molar-refractivity contribution in [2.75, 3.05) is 11.9 Å². The van der Waals surface area contributed by atoms with E-state index in [2.05, 4.69) is 10.0 Å². The van der Waals surface area contributed by atoms with Crippen LogP contribution in [0.4, 0.5) is 5.69 Å². The van der Waals surface area contributed by atoms with E-state index < -0.39 is 10.0 Å². The maximum atomic E-state index is 12.3. The predicted octanol–water partition coefficient (Wildman–Crippen LogP) is 2.82. The van der Waals surface area contributed by atoms with Gasteiger partial charge < -0.3 is 5.32 Å². The van der Waals surface area contributed by atoms with Gasteiger partial charge >= 0.3 is 0 Å². The van der Waals surface area contributed by atoms with Gasteiger partial charge in [0.15, 0.2) is 0 Å². The first-order chi connectivity index (χ1) is 10.9. The smallest absolute Gasteiger partial charge is 0.240 e. The van der Waals surface area contributed by atoms with E-state index in [0.29, 0.717) is 12.1 Å². The second-order valence-corrected chi connectivity index (χ2v) is 7.13. The molecule has 0 aliphatic carbocycles. The Bertz CT molecular complexity index is 792. The number of sulfonamides is 1. The van der Waals surface area contributed by atoms with Crippen LogP contribution in [0.2, 0.25) is 5.02 Å². The lowest BCUT2D eigenvalue weighted by Crippen LogP contribution is -2.26. The molecule has 2 N–H and O–H groups in total. The highest BCUT2D eigenvalue weighted by Crippen LogP contribution is 2.25. The average Bonchev–Trinajstić information content (AvgIpc) is 2.49. The Hall–Kier alpha value is -1.89. The van der Waals surface area contributed by atoms with E-state index in [0.717, 1.165) is 5.56 Å². The molecule has 0 atom stereocenters. The van der Waals surface area contributed by atoms with E-state index in [1.807, 2.05) is 30.3 Å². The minimum absolute atomic E-state index is 0.0599. The molecule has 1 amide bonds. The summed E-state index contributed by atoms with van der Waals surface area (Å²) in [5.74, 6) is -0.275. The lowest BCUT2D eigenvalue weighted by atomic mass is 10.2. The quantitative estimate of drug-likeness (QED) is 0.839. The SMILES string of the molecule is CC(=O)Nc1ccc(S(=O)(=O)NCCc2ccccc2)cc1Cl. The van der Waals surface area contributed by atoms with Crippen LogP contribution in [-0.2, 0) is 21.2 Å². The number of anilines is 1. The van der Waals surface area contributed by atoms with Crippen molar-refractivity contribution in [2.24, 2.45) is 0 Å². The minimum atomic E-state index is -3.65. The monoisotopic (exact) mass is 352 g/mol. The molecular weight excluding hydrogens is 336 g/mol. The van der Waals surface area contributed by atoms with Crippen LogP contribution in [-0.4, -0.2) is 20.9 Å². The van der Waals surface area contributed by atoms with Gasteiger partial charge in [0.05, 0.1) is 15.6 Å². The first-order valence-corrected chi connectivity index (χ1v) is 8.85. The third kappa shape index (κ3) is 5.06. The number of carbonyl (C=O) groups excluding carboxylic acids is 1. The zero-order chi connectivity index (χ0) is 16.9. The van der Waals surface area contributed by atoms with Gasteiger partial charge in [-0.15, -0.1) is 0 Å². The summed E-state index contributed by atoms with van der Waals surface area (Å²) in [6, 6.07) is 13.8. The van der Waals surface area contributed by atoms with Crippen LogP contribution in [0.3, 0.4) is 0 Å². The predicted molar refractivity (Wildman–Crippen MR) is 91.1 cm³/mol. The Morgan fingerprint density at radius 1 is 1.13 bits per heavy atom. The molecule has 0 bridgehead atoms. The van der Waals surface area contributed by atoms with E-state index in [-0.39, 0.29) is 22.4 Å². The maximum Gasteiger partial charge on any atom is 0.240 e. The number of nitrogens with one attached hydrogen (secondary N) is 2. The van der Waals surface area contributed by atoms with Crippen molar-refractivity contribution in [3.05, 3.63) is 59.1 Å². The fraction of sp³-hybridized carbons (Fsp3) is 0.188. The number of benzene rings is 2. The molecule has 0 spiro atoms. The van der Waals surface area contributed by atoms with Gasteiger partial charge in [-0.2, -0.15) is 0 Å². The van der Waals surface area contributed by atoms with Crippen molar-refractivity contribution in [3.63, 3.8) is 0 Å². The Balaban J connectivity index is 2.04. The summed E-state index contributed by atoms with van der Waals surface area (Å²) >= 11 is 6.00. The number of carbonyl (C=O) groups is 1. The van der Waals surface area contributed by atoms with E-state index in [9.17, 15) is 13.2 Å². The molecule has 7 heteroatoms. The topological polar surface area (TPSA) is 75.3 Å². The van der Waals surface area contributed by atoms with Crippen LogP contribution in [0, 0.1) is 0 Å². The van der Waals surface area contributed by atoms with Gasteiger partial charge in [0.1, 0.15) is 0 Å². The maximum absolute atomic E-state index is 12.3. The largest absolute Gasteiger partial charge is 0.325 e. The van der Waals surface area contributed by atoms with Crippen molar-refractivity contribution < 1.29 is 13.2 Å². The van der Waals surface area contributed by atoms with E-state index in [4.69, 9.17) is 11.6 Å². The fourth-order valence-corrected chi connectivity index (χ4v) is 3.36. The molecule has 0 radical (unpaired) electrons. The zero-order valence-electron chi connectivity index (χ0n) is 12.5. The van der Waals surface area contributed by atoms with Gasteiger partial charge in [0.2, 0.25) is 15.9 Å². The molecule has 0 saturated carbocycles. The molecule has 0 aliphatic heterocycles. The van der Waals surface area contributed by atoms with Gasteiger partial charge in [-0.3, -0.25) is 4.79 Å². The van der Waals surface area contributed by atoms with E-state index in [1.54, 1.807) is 0 Å². The minimum Gasteiger partial charge on any atom is -0.325 e. The highest BCUT2D eigenvalue weighted by molar-refractivity contribution is 7.89. The summed E-state index contributed by atoms with van der Waals surface area (Å²) in [6.07, 6.45) is 0.595. The second kappa shape index (κ2) is 7.59. The number of hydrogen-bond donors (Lipinski definition) is 2. The van der Waals surface area contributed by atoms with Crippen LogP contribution >= 0.6 is 11.6 Å². The Labute approximate surface area is 140 Å². The van der Waals surface area contributed by atoms with Gasteiger partial charge in [0, 0.05) is 13.5 Å². The molecule has 2 aromatic carbocycles. The van der Waals surface area contributed by atoms with Crippen LogP contribution in [0.5, 0.6) is 0 Å². The molecule has 0 fully saturated rings. The van der Waals surface area contributed by atoms with Crippen LogP contribution < -0.4 is 10.0 Å². The van der Waals surface area contributed by atoms with Crippen molar-refractivity contribution in [3.8, 4) is 0 Å². The number of rotatable bonds is 6. The second-order valence-electron chi connectivity index (χ2n) is 4.96. The fourth-order valence-electron chi connectivity index (χ4n) is 2.01. The lowest BCUT2D eigenvalue weighted by molar-refractivity contribution is -0.114. The van der Waals surface area contributed by atoms with Crippen LogP contribution in [0.25, 0.3) is 0 Å². The summed E-state index contributed by atoms with van der Waals surface area (Å²) in [7, 11) is -3.65. The molecule has 0 unspecified atom stereocenters. The third-order valence-corrected chi connectivity index (χ3v) is 4.88. The van der Waals surface area contributed by atoms with Gasteiger partial charge in [-0.25, -0.2) is 13.1 Å². The van der Waals surface area contributed by atoms with Gasteiger partial charge in [-0.1, -0.05) is 41.9 Å².